The highest BCUT2D eigenvalue weighted by Crippen LogP contribution is 2.15. The Hall–Kier alpha value is -2.97. The molecule has 8 nitrogen and oxygen atoms in total. The Morgan fingerprint density at radius 2 is 1.77 bits per heavy atom. The Kier molecular flexibility index (Phi) is 5.93. The second-order valence-electron chi connectivity index (χ2n) is 7.85. The molecule has 1 aliphatic heterocycles. The normalized spacial score (nSPS) is 15.3. The van der Waals surface area contributed by atoms with Crippen molar-refractivity contribution in [3.8, 4) is 0 Å². The zero-order chi connectivity index (χ0) is 22.1. The Bertz CT molecular complexity index is 1250. The fraction of sp³-hybridized carbons (Fsp3) is 0.364. The van der Waals surface area contributed by atoms with Crippen LogP contribution in [0.1, 0.15) is 22.3 Å². The van der Waals surface area contributed by atoms with Crippen molar-refractivity contribution in [1.29, 1.82) is 0 Å². The van der Waals surface area contributed by atoms with Crippen molar-refractivity contribution < 1.29 is 4.79 Å². The van der Waals surface area contributed by atoms with Gasteiger partial charge in [-0.2, -0.15) is 0 Å². The average molecular weight is 442 g/mol. The van der Waals surface area contributed by atoms with Crippen LogP contribution in [-0.2, 0) is 20.6 Å². The zero-order valence-corrected chi connectivity index (χ0v) is 18.3. The van der Waals surface area contributed by atoms with Crippen LogP contribution in [0.3, 0.4) is 0 Å². The van der Waals surface area contributed by atoms with E-state index >= 15 is 0 Å². The van der Waals surface area contributed by atoms with Crippen LogP contribution in [0.4, 0.5) is 0 Å². The third-order valence-electron chi connectivity index (χ3n) is 5.74. The second kappa shape index (κ2) is 8.64. The Balaban J connectivity index is 1.52. The number of amides is 1. The van der Waals surface area contributed by atoms with E-state index < -0.39 is 11.2 Å². The minimum absolute atomic E-state index is 0.154. The highest BCUT2D eigenvalue weighted by Gasteiger charge is 2.22. The Labute approximate surface area is 184 Å². The van der Waals surface area contributed by atoms with Gasteiger partial charge in [0.15, 0.2) is 0 Å². The highest BCUT2D eigenvalue weighted by atomic mass is 35.5. The van der Waals surface area contributed by atoms with Gasteiger partial charge >= 0.3 is 5.69 Å². The molecule has 162 valence electrons. The fourth-order valence-electron chi connectivity index (χ4n) is 3.95. The van der Waals surface area contributed by atoms with E-state index in [9.17, 15) is 14.4 Å². The molecule has 31 heavy (non-hydrogen) atoms. The van der Waals surface area contributed by atoms with Gasteiger partial charge in [-0.1, -0.05) is 23.7 Å². The number of benzene rings is 1. The maximum atomic E-state index is 13.1. The smallest absolute Gasteiger partial charge is 0.332 e. The lowest BCUT2D eigenvalue weighted by atomic mass is 10.2. The van der Waals surface area contributed by atoms with Crippen LogP contribution in [-0.4, -0.2) is 56.0 Å². The molecular formula is C22H24ClN5O3. The predicted molar refractivity (Wildman–Crippen MR) is 119 cm³/mol. The van der Waals surface area contributed by atoms with Crippen LogP contribution in [0, 0.1) is 0 Å². The highest BCUT2D eigenvalue weighted by molar-refractivity contribution is 6.30. The van der Waals surface area contributed by atoms with E-state index in [0.717, 1.165) is 35.6 Å². The average Bonchev–Trinajstić information content (AvgIpc) is 3.02. The first-order valence-corrected chi connectivity index (χ1v) is 10.5. The van der Waals surface area contributed by atoms with Gasteiger partial charge in [0.2, 0.25) is 0 Å². The topological polar surface area (TPSA) is 80.4 Å². The molecule has 3 aromatic rings. The molecule has 1 amide bonds. The summed E-state index contributed by atoms with van der Waals surface area (Å²) in [7, 11) is 2.98. The number of pyridine rings is 1. The molecule has 1 saturated heterocycles. The first kappa shape index (κ1) is 21.3. The van der Waals surface area contributed by atoms with Crippen LogP contribution in [0.25, 0.3) is 11.0 Å². The van der Waals surface area contributed by atoms with Gasteiger partial charge in [-0.15, -0.1) is 0 Å². The number of fused-ring (bicyclic) bond motifs is 1. The number of halogens is 1. The van der Waals surface area contributed by atoms with Gasteiger partial charge in [-0.3, -0.25) is 23.6 Å². The molecule has 0 aliphatic carbocycles. The van der Waals surface area contributed by atoms with E-state index in [1.807, 2.05) is 24.3 Å². The van der Waals surface area contributed by atoms with Crippen molar-refractivity contribution in [3.63, 3.8) is 0 Å². The van der Waals surface area contributed by atoms with E-state index in [-0.39, 0.29) is 16.9 Å². The van der Waals surface area contributed by atoms with Crippen LogP contribution in [0.15, 0.2) is 46.1 Å². The number of nitrogens with zero attached hydrogens (tertiary/aromatic N) is 5. The van der Waals surface area contributed by atoms with Gasteiger partial charge in [0.05, 0.1) is 10.9 Å². The van der Waals surface area contributed by atoms with Gasteiger partial charge in [-0.05, 0) is 30.2 Å². The third-order valence-corrected chi connectivity index (χ3v) is 5.99. The molecule has 0 atom stereocenters. The molecular weight excluding hydrogens is 418 g/mol. The van der Waals surface area contributed by atoms with E-state index in [2.05, 4.69) is 9.88 Å². The van der Waals surface area contributed by atoms with Crippen molar-refractivity contribution in [2.45, 2.75) is 13.0 Å². The van der Waals surface area contributed by atoms with Crippen LogP contribution in [0.5, 0.6) is 0 Å². The molecule has 3 heterocycles. The summed E-state index contributed by atoms with van der Waals surface area (Å²) in [5, 5.41) is 0.977. The molecule has 1 aromatic carbocycles. The largest absolute Gasteiger partial charge is 0.337 e. The number of aromatic nitrogens is 3. The molecule has 4 rings (SSSR count). The number of hydrogen-bond donors (Lipinski definition) is 0. The minimum atomic E-state index is -0.453. The lowest BCUT2D eigenvalue weighted by molar-refractivity contribution is 0.0761. The predicted octanol–water partition coefficient (Wildman–Crippen LogP) is 1.63. The fourth-order valence-corrected chi connectivity index (χ4v) is 4.07. The molecule has 0 radical (unpaired) electrons. The number of hydrogen-bond acceptors (Lipinski definition) is 5. The zero-order valence-electron chi connectivity index (χ0n) is 17.5. The minimum Gasteiger partial charge on any atom is -0.337 e. The van der Waals surface area contributed by atoms with Crippen molar-refractivity contribution >= 4 is 28.5 Å². The number of carbonyl (C=O) groups is 1. The van der Waals surface area contributed by atoms with Crippen LogP contribution >= 0.6 is 11.6 Å². The first-order chi connectivity index (χ1) is 14.8. The van der Waals surface area contributed by atoms with Gasteiger partial charge in [0.25, 0.3) is 11.5 Å². The summed E-state index contributed by atoms with van der Waals surface area (Å²) in [4.78, 5) is 46.1. The SMILES string of the molecule is Cn1c(=O)c2cc(C(=O)N3CCCN(Cc4ccc(Cl)cc4)CC3)cnc2n(C)c1=O. The summed E-state index contributed by atoms with van der Waals surface area (Å²) < 4.78 is 2.34. The standard InChI is InChI=1S/C22H24ClN5O3/c1-25-19-18(21(30)26(2)22(25)31)12-16(13-24-19)20(29)28-9-3-8-27(10-11-28)14-15-4-6-17(23)7-5-15/h4-7,12-13H,3,8-11,14H2,1-2H3. The quantitative estimate of drug-likeness (QED) is 0.617. The van der Waals surface area contributed by atoms with E-state index in [0.29, 0.717) is 18.7 Å². The van der Waals surface area contributed by atoms with E-state index in [1.54, 1.807) is 18.0 Å². The molecule has 0 unspecified atom stereocenters. The van der Waals surface area contributed by atoms with Gasteiger partial charge in [-0.25, -0.2) is 9.78 Å². The molecule has 0 N–H and O–H groups in total. The van der Waals surface area contributed by atoms with Gasteiger partial charge < -0.3 is 4.90 Å². The number of aryl methyl sites for hydroxylation is 1. The van der Waals surface area contributed by atoms with Crippen molar-refractivity contribution in [3.05, 3.63) is 73.5 Å². The lowest BCUT2D eigenvalue weighted by Gasteiger charge is -2.22. The summed E-state index contributed by atoms with van der Waals surface area (Å²) in [5.74, 6) is -0.154. The number of rotatable bonds is 3. The van der Waals surface area contributed by atoms with Crippen LogP contribution in [0.2, 0.25) is 5.02 Å². The maximum Gasteiger partial charge on any atom is 0.332 e. The Morgan fingerprint density at radius 1 is 1.03 bits per heavy atom. The molecule has 0 saturated carbocycles. The lowest BCUT2D eigenvalue weighted by Crippen LogP contribution is -2.38. The van der Waals surface area contributed by atoms with E-state index in [1.165, 1.54) is 23.4 Å². The molecule has 9 heteroatoms. The summed E-state index contributed by atoms with van der Waals surface area (Å²) >= 11 is 5.96. The van der Waals surface area contributed by atoms with Gasteiger partial charge in [0.1, 0.15) is 5.65 Å². The molecule has 2 aromatic heterocycles. The third kappa shape index (κ3) is 4.26. The molecule has 0 bridgehead atoms. The van der Waals surface area contributed by atoms with Crippen molar-refractivity contribution in [2.24, 2.45) is 14.1 Å². The van der Waals surface area contributed by atoms with Gasteiger partial charge in [0, 0.05) is 58.0 Å². The molecule has 1 aliphatic rings. The van der Waals surface area contributed by atoms with E-state index in [4.69, 9.17) is 11.6 Å². The monoisotopic (exact) mass is 441 g/mol. The summed E-state index contributed by atoms with van der Waals surface area (Å²) in [6, 6.07) is 9.35. The Morgan fingerprint density at radius 3 is 2.52 bits per heavy atom. The summed E-state index contributed by atoms with van der Waals surface area (Å²) in [6.45, 7) is 3.69. The molecule has 0 spiro atoms. The van der Waals surface area contributed by atoms with Crippen molar-refractivity contribution in [1.82, 2.24) is 23.9 Å². The summed E-state index contributed by atoms with van der Waals surface area (Å²) in [6.07, 6.45) is 2.30. The first-order valence-electron chi connectivity index (χ1n) is 10.2. The summed E-state index contributed by atoms with van der Waals surface area (Å²) in [5.41, 5.74) is 0.913. The van der Waals surface area contributed by atoms with Crippen LogP contribution < -0.4 is 11.2 Å². The van der Waals surface area contributed by atoms with Crippen molar-refractivity contribution in [2.75, 3.05) is 26.2 Å². The second-order valence-corrected chi connectivity index (χ2v) is 8.29. The maximum absolute atomic E-state index is 13.1. The number of carbonyl (C=O) groups excluding carboxylic acids is 1. The molecule has 1 fully saturated rings.